The summed E-state index contributed by atoms with van der Waals surface area (Å²) in [7, 11) is -6.06. The Morgan fingerprint density at radius 3 is 2.21 bits per heavy atom. The number of hydrogen-bond acceptors (Lipinski definition) is 9. The zero-order valence-corrected chi connectivity index (χ0v) is 22.6. The van der Waals surface area contributed by atoms with E-state index in [2.05, 4.69) is 5.32 Å². The number of nitrogens with one attached hydrogen (secondary N) is 1. The molecular formula is C23H25F2N3O9S2. The lowest BCUT2D eigenvalue weighted by Gasteiger charge is -2.39. The van der Waals surface area contributed by atoms with Crippen LogP contribution in [-0.2, 0) is 29.4 Å². The molecule has 0 aliphatic carbocycles. The maximum absolute atomic E-state index is 14.0. The maximum atomic E-state index is 14.0. The largest absolute Gasteiger partial charge is 0.479 e. The number of ketones is 1. The predicted molar refractivity (Wildman–Crippen MR) is 134 cm³/mol. The van der Waals surface area contributed by atoms with Gasteiger partial charge in [-0.15, -0.1) is 0 Å². The lowest BCUT2D eigenvalue weighted by Crippen LogP contribution is -2.66. The van der Waals surface area contributed by atoms with Crippen molar-refractivity contribution in [3.63, 3.8) is 0 Å². The second kappa shape index (κ2) is 10.9. The molecule has 1 fully saturated rings. The van der Waals surface area contributed by atoms with Crippen LogP contribution in [0.4, 0.5) is 19.3 Å². The van der Waals surface area contributed by atoms with E-state index >= 15 is 0 Å². The van der Waals surface area contributed by atoms with Gasteiger partial charge in [0.2, 0.25) is 5.54 Å². The summed E-state index contributed by atoms with van der Waals surface area (Å²) in [5.41, 5.74) is -3.41. The highest BCUT2D eigenvalue weighted by Crippen LogP contribution is 2.35. The highest BCUT2D eigenvalue weighted by Gasteiger charge is 2.55. The van der Waals surface area contributed by atoms with Gasteiger partial charge in [0.1, 0.15) is 5.75 Å². The number of carboxylic acid groups (broad SMARTS) is 1. The molecule has 0 spiro atoms. The topological polar surface area (TPSA) is 167 Å². The predicted octanol–water partition coefficient (Wildman–Crippen LogP) is 1.02. The molecule has 1 unspecified atom stereocenters. The number of ether oxygens (including phenoxy) is 1. The Bertz CT molecular complexity index is 1510. The van der Waals surface area contributed by atoms with Crippen LogP contribution in [0.5, 0.6) is 5.75 Å². The molecule has 1 amide bonds. The second-order valence-corrected chi connectivity index (χ2v) is 13.0. The van der Waals surface area contributed by atoms with Crippen molar-refractivity contribution >= 4 is 43.4 Å². The van der Waals surface area contributed by atoms with Crippen LogP contribution in [0.25, 0.3) is 0 Å². The fourth-order valence-electron chi connectivity index (χ4n) is 3.81. The molecule has 2 aromatic rings. The molecule has 16 heteroatoms. The van der Waals surface area contributed by atoms with Gasteiger partial charge in [-0.1, -0.05) is 0 Å². The summed E-state index contributed by atoms with van der Waals surface area (Å²) in [4.78, 5) is 38.4. The number of anilines is 1. The lowest BCUT2D eigenvalue weighted by atomic mass is 9.91. The molecule has 212 valence electrons. The van der Waals surface area contributed by atoms with Crippen molar-refractivity contribution in [2.75, 3.05) is 36.5 Å². The number of amides is 1. The number of carbonyl (C=O) groups is 3. The molecule has 2 N–H and O–H groups in total. The third-order valence-corrected chi connectivity index (χ3v) is 9.49. The van der Waals surface area contributed by atoms with E-state index < -0.39 is 77.3 Å². The number of hydrogen-bond donors (Lipinski definition) is 2. The number of sulfone groups is 1. The van der Waals surface area contributed by atoms with Crippen LogP contribution in [0.3, 0.4) is 0 Å². The molecule has 1 saturated heterocycles. The van der Waals surface area contributed by atoms with E-state index in [1.165, 1.54) is 14.1 Å². The SMILES string of the molecule is CN(C)C(=O)Oc1ccc(N([C@@](C)(C(=O)O)C(=O)C2CS(=O)(=O)CCN2)S(=O)(=O)c2ccc(F)c(F)c2)cc1. The number of aliphatic carboxylic acids is 1. The minimum absolute atomic E-state index is 0.0639. The average molecular weight is 590 g/mol. The number of Topliss-reactive ketones (excluding diaryl/α,β-unsaturated/α-hetero) is 1. The smallest absolute Gasteiger partial charge is 0.414 e. The molecular weight excluding hydrogens is 564 g/mol. The zero-order valence-electron chi connectivity index (χ0n) is 20.9. The van der Waals surface area contributed by atoms with Crippen LogP contribution < -0.4 is 14.4 Å². The standard InChI is InChI=1S/C23H25F2N3O9S2/c1-23(21(30)31,20(29)19-13-38(33,34)11-10-26-19)28(39(35,36)16-8-9-17(24)18(25)12-16)14-4-6-15(7-5-14)37-22(32)27(2)3/h4-9,12,19,26H,10-11,13H2,1-3H3,(H,30,31)/t19?,23-/m1/s1. The van der Waals surface area contributed by atoms with Gasteiger partial charge in [0.05, 0.1) is 28.1 Å². The Balaban J connectivity index is 2.22. The van der Waals surface area contributed by atoms with Gasteiger partial charge in [-0.25, -0.2) is 39.5 Å². The number of carboxylic acids is 1. The number of halogens is 2. The summed E-state index contributed by atoms with van der Waals surface area (Å²) >= 11 is 0. The molecule has 2 aromatic carbocycles. The number of carbonyl (C=O) groups excluding carboxylic acids is 2. The van der Waals surface area contributed by atoms with E-state index in [0.717, 1.165) is 36.1 Å². The fourth-order valence-corrected chi connectivity index (χ4v) is 6.93. The first-order chi connectivity index (χ1) is 18.0. The number of nitrogens with zero attached hydrogens (tertiary/aromatic N) is 2. The van der Waals surface area contributed by atoms with E-state index in [0.29, 0.717) is 18.2 Å². The molecule has 12 nitrogen and oxygen atoms in total. The van der Waals surface area contributed by atoms with Gasteiger partial charge in [-0.2, -0.15) is 0 Å². The molecule has 1 heterocycles. The molecule has 1 aliphatic rings. The highest BCUT2D eigenvalue weighted by molar-refractivity contribution is 7.93. The van der Waals surface area contributed by atoms with Crippen LogP contribution >= 0.6 is 0 Å². The fraction of sp³-hybridized carbons (Fsp3) is 0.348. The zero-order chi connectivity index (χ0) is 29.3. The Morgan fingerprint density at radius 1 is 1.08 bits per heavy atom. The molecule has 39 heavy (non-hydrogen) atoms. The number of sulfonamides is 1. The van der Waals surface area contributed by atoms with E-state index in [1.54, 1.807) is 0 Å². The average Bonchev–Trinajstić information content (AvgIpc) is 2.85. The summed E-state index contributed by atoms with van der Waals surface area (Å²) < 4.78 is 84.8. The van der Waals surface area contributed by atoms with Gasteiger partial charge in [0.25, 0.3) is 10.0 Å². The molecule has 1 aliphatic heterocycles. The Hall–Kier alpha value is -3.63. The third-order valence-electron chi connectivity index (χ3n) is 5.91. The lowest BCUT2D eigenvalue weighted by molar-refractivity contribution is -0.147. The van der Waals surface area contributed by atoms with Gasteiger partial charge >= 0.3 is 12.1 Å². The Labute approximate surface area is 223 Å². The van der Waals surface area contributed by atoms with Crippen molar-refractivity contribution in [2.45, 2.75) is 23.4 Å². The number of rotatable bonds is 8. The van der Waals surface area contributed by atoms with Crippen LogP contribution in [0.15, 0.2) is 47.4 Å². The van der Waals surface area contributed by atoms with Gasteiger partial charge in [0.15, 0.2) is 27.3 Å². The Kier molecular flexibility index (Phi) is 8.33. The first-order valence-corrected chi connectivity index (χ1v) is 14.5. The van der Waals surface area contributed by atoms with Crippen LogP contribution in [-0.4, -0.2) is 88.4 Å². The van der Waals surface area contributed by atoms with E-state index in [1.807, 2.05) is 0 Å². The molecule has 0 bridgehead atoms. The molecule has 0 aromatic heterocycles. The summed E-state index contributed by atoms with van der Waals surface area (Å²) in [6.45, 7) is 0.578. The summed E-state index contributed by atoms with van der Waals surface area (Å²) in [5, 5.41) is 12.8. The van der Waals surface area contributed by atoms with Crippen LogP contribution in [0.1, 0.15) is 6.92 Å². The first-order valence-electron chi connectivity index (χ1n) is 11.2. The van der Waals surface area contributed by atoms with E-state index in [-0.39, 0.29) is 22.4 Å². The van der Waals surface area contributed by atoms with E-state index in [4.69, 9.17) is 4.74 Å². The van der Waals surface area contributed by atoms with Crippen LogP contribution in [0.2, 0.25) is 0 Å². The molecule has 3 rings (SSSR count). The summed E-state index contributed by atoms with van der Waals surface area (Å²) in [6, 6.07) is 4.25. The third kappa shape index (κ3) is 6.02. The van der Waals surface area contributed by atoms with Gasteiger partial charge in [-0.3, -0.25) is 4.79 Å². The molecule has 0 saturated carbocycles. The minimum Gasteiger partial charge on any atom is -0.479 e. The van der Waals surface area contributed by atoms with Crippen molar-refractivity contribution in [3.8, 4) is 5.75 Å². The second-order valence-electron chi connectivity index (χ2n) is 8.96. The first kappa shape index (κ1) is 29.9. The molecule has 0 radical (unpaired) electrons. The van der Waals surface area contributed by atoms with Crippen molar-refractivity contribution < 1.29 is 49.8 Å². The van der Waals surface area contributed by atoms with Crippen molar-refractivity contribution in [1.29, 1.82) is 0 Å². The quantitative estimate of drug-likeness (QED) is 0.424. The van der Waals surface area contributed by atoms with Crippen LogP contribution in [0, 0.1) is 11.6 Å². The summed E-state index contributed by atoms with van der Waals surface area (Å²) in [5.74, 6) is -7.37. The highest BCUT2D eigenvalue weighted by atomic mass is 32.2. The van der Waals surface area contributed by atoms with Crippen molar-refractivity contribution in [3.05, 3.63) is 54.1 Å². The monoisotopic (exact) mass is 589 g/mol. The van der Waals surface area contributed by atoms with Crippen molar-refractivity contribution in [2.24, 2.45) is 0 Å². The normalized spacial score (nSPS) is 18.4. The Morgan fingerprint density at radius 2 is 1.69 bits per heavy atom. The molecule has 2 atom stereocenters. The maximum Gasteiger partial charge on any atom is 0.414 e. The van der Waals surface area contributed by atoms with E-state index in [9.17, 15) is 45.1 Å². The van der Waals surface area contributed by atoms with Gasteiger partial charge in [0, 0.05) is 20.6 Å². The van der Waals surface area contributed by atoms with Crippen molar-refractivity contribution in [1.82, 2.24) is 10.2 Å². The summed E-state index contributed by atoms with van der Waals surface area (Å²) in [6.07, 6.45) is -0.774. The minimum atomic E-state index is -5.13. The van der Waals surface area contributed by atoms with Gasteiger partial charge in [-0.05, 0) is 49.4 Å². The van der Waals surface area contributed by atoms with Gasteiger partial charge < -0.3 is 20.1 Å². The number of benzene rings is 2.